The molecule has 1 N–H and O–H groups in total. The molecule has 0 unspecified atom stereocenters. The fourth-order valence-electron chi connectivity index (χ4n) is 3.72. The van der Waals surface area contributed by atoms with Crippen LogP contribution in [-0.4, -0.2) is 30.8 Å². The first-order valence-corrected chi connectivity index (χ1v) is 12.4. The van der Waals surface area contributed by atoms with Crippen molar-refractivity contribution in [3.05, 3.63) is 98.7 Å². The third kappa shape index (κ3) is 4.36. The lowest BCUT2D eigenvalue weighted by molar-refractivity contribution is -0.113. The first-order valence-electron chi connectivity index (χ1n) is 10.6. The highest BCUT2D eigenvalue weighted by Crippen LogP contribution is 2.24. The molecule has 0 aliphatic rings. The van der Waals surface area contributed by atoms with Crippen LogP contribution in [0.25, 0.3) is 16.7 Å². The highest BCUT2D eigenvalue weighted by atomic mass is 79.9. The number of aromatic nitrogens is 4. The molecule has 0 saturated carbocycles. The van der Waals surface area contributed by atoms with Crippen molar-refractivity contribution in [1.29, 1.82) is 0 Å². The number of fused-ring (bicyclic) bond motifs is 3. The van der Waals surface area contributed by atoms with E-state index in [9.17, 15) is 9.59 Å². The Labute approximate surface area is 208 Å². The molecule has 0 bridgehead atoms. The van der Waals surface area contributed by atoms with Gasteiger partial charge in [-0.1, -0.05) is 65.9 Å². The second-order valence-corrected chi connectivity index (χ2v) is 9.63. The molecule has 7 nitrogen and oxygen atoms in total. The van der Waals surface area contributed by atoms with Crippen molar-refractivity contribution in [2.24, 2.45) is 0 Å². The summed E-state index contributed by atoms with van der Waals surface area (Å²) in [5, 5.41) is 12.7. The Balaban J connectivity index is 1.50. The third-order valence-corrected chi connectivity index (χ3v) is 7.04. The smallest absolute Gasteiger partial charge is 0.263 e. The van der Waals surface area contributed by atoms with Crippen LogP contribution in [0.3, 0.4) is 0 Å². The van der Waals surface area contributed by atoms with E-state index < -0.39 is 0 Å². The summed E-state index contributed by atoms with van der Waals surface area (Å²) in [4.78, 5) is 25.9. The van der Waals surface area contributed by atoms with Crippen LogP contribution in [0.15, 0.2) is 87.2 Å². The van der Waals surface area contributed by atoms with E-state index in [2.05, 4.69) is 31.4 Å². The molecule has 0 saturated heterocycles. The zero-order valence-electron chi connectivity index (χ0n) is 18.2. The number of thioether (sulfide) groups is 1. The number of nitrogens with one attached hydrogen (secondary N) is 1. The van der Waals surface area contributed by atoms with Crippen molar-refractivity contribution in [2.75, 3.05) is 11.1 Å². The average Bonchev–Trinajstić information content (AvgIpc) is 3.27. The second kappa shape index (κ2) is 9.44. The number of aryl methyl sites for hydroxylation is 1. The van der Waals surface area contributed by atoms with E-state index in [1.807, 2.05) is 78.1 Å². The molecule has 1 amide bonds. The molecule has 5 rings (SSSR count). The zero-order valence-corrected chi connectivity index (χ0v) is 20.6. The predicted molar refractivity (Wildman–Crippen MR) is 139 cm³/mol. The summed E-state index contributed by atoms with van der Waals surface area (Å²) in [5.74, 6) is 0.428. The van der Waals surface area contributed by atoms with Gasteiger partial charge in [-0.25, -0.2) is 0 Å². The Bertz CT molecular complexity index is 1580. The zero-order chi connectivity index (χ0) is 23.7. The van der Waals surface area contributed by atoms with Crippen LogP contribution in [0.1, 0.15) is 11.1 Å². The Morgan fingerprint density at radius 2 is 1.74 bits per heavy atom. The first-order chi connectivity index (χ1) is 16.5. The van der Waals surface area contributed by atoms with E-state index in [1.165, 1.54) is 11.8 Å². The highest BCUT2D eigenvalue weighted by Gasteiger charge is 2.18. The van der Waals surface area contributed by atoms with Crippen molar-refractivity contribution in [3.8, 4) is 0 Å². The normalized spacial score (nSPS) is 11.2. The number of carbonyl (C=O) groups excluding carboxylic acids is 1. The monoisotopic (exact) mass is 533 g/mol. The molecule has 34 heavy (non-hydrogen) atoms. The van der Waals surface area contributed by atoms with Gasteiger partial charge in [-0.05, 0) is 52.7 Å². The molecule has 0 atom stereocenters. The van der Waals surface area contributed by atoms with E-state index >= 15 is 0 Å². The summed E-state index contributed by atoms with van der Waals surface area (Å²) in [5.41, 5.74) is 3.44. The molecular formula is C25H20BrN5O2S. The second-order valence-electron chi connectivity index (χ2n) is 7.83. The fraction of sp³-hybridized carbons (Fsp3) is 0.120. The summed E-state index contributed by atoms with van der Waals surface area (Å²) in [7, 11) is 0. The Morgan fingerprint density at radius 1 is 1.00 bits per heavy atom. The number of amides is 1. The summed E-state index contributed by atoms with van der Waals surface area (Å²) in [6.07, 6.45) is 0. The molecule has 9 heteroatoms. The standard InChI is InChI=1S/C25H20BrN5O2S/c1-16-10-12-17(13-11-16)14-30-23(33)18-6-2-5-9-21(18)31-24(30)28-29-25(31)34-15-22(32)27-20-8-4-3-7-19(20)26/h2-13H,14-15H2,1H3,(H,27,32). The van der Waals surface area contributed by atoms with Crippen molar-refractivity contribution in [2.45, 2.75) is 18.6 Å². The lowest BCUT2D eigenvalue weighted by Gasteiger charge is -2.12. The molecule has 5 aromatic rings. The minimum atomic E-state index is -0.161. The fourth-order valence-corrected chi connectivity index (χ4v) is 4.85. The maximum absolute atomic E-state index is 13.3. The van der Waals surface area contributed by atoms with Gasteiger partial charge in [0.15, 0.2) is 5.16 Å². The predicted octanol–water partition coefficient (Wildman–Crippen LogP) is 4.89. The number of hydrogen-bond acceptors (Lipinski definition) is 5. The van der Waals surface area contributed by atoms with Crippen LogP contribution in [0.5, 0.6) is 0 Å². The number of anilines is 1. The number of benzene rings is 3. The lowest BCUT2D eigenvalue weighted by atomic mass is 10.1. The van der Waals surface area contributed by atoms with Crippen molar-refractivity contribution in [3.63, 3.8) is 0 Å². The minimum Gasteiger partial charge on any atom is -0.324 e. The van der Waals surface area contributed by atoms with Gasteiger partial charge in [-0.2, -0.15) is 0 Å². The lowest BCUT2D eigenvalue weighted by Crippen LogP contribution is -2.24. The van der Waals surface area contributed by atoms with Crippen LogP contribution >= 0.6 is 27.7 Å². The first kappa shape index (κ1) is 22.4. The molecule has 0 fully saturated rings. The highest BCUT2D eigenvalue weighted by molar-refractivity contribution is 9.10. The SMILES string of the molecule is Cc1ccc(Cn2c(=O)c3ccccc3n3c(SCC(=O)Nc4ccccc4Br)nnc23)cc1. The van der Waals surface area contributed by atoms with Crippen LogP contribution in [0.4, 0.5) is 5.69 Å². The van der Waals surface area contributed by atoms with E-state index in [0.29, 0.717) is 34.1 Å². The van der Waals surface area contributed by atoms with Crippen LogP contribution < -0.4 is 10.9 Å². The Morgan fingerprint density at radius 3 is 2.53 bits per heavy atom. The number of carbonyl (C=O) groups is 1. The van der Waals surface area contributed by atoms with Gasteiger partial charge in [0.1, 0.15) is 0 Å². The van der Waals surface area contributed by atoms with Crippen molar-refractivity contribution >= 4 is 56.0 Å². The van der Waals surface area contributed by atoms with Gasteiger partial charge >= 0.3 is 0 Å². The van der Waals surface area contributed by atoms with Crippen molar-refractivity contribution < 1.29 is 4.79 Å². The Kier molecular flexibility index (Phi) is 6.21. The van der Waals surface area contributed by atoms with Crippen LogP contribution in [-0.2, 0) is 11.3 Å². The molecule has 3 aromatic carbocycles. The van der Waals surface area contributed by atoms with Crippen LogP contribution in [0.2, 0.25) is 0 Å². The van der Waals surface area contributed by atoms with Crippen molar-refractivity contribution in [1.82, 2.24) is 19.2 Å². The van der Waals surface area contributed by atoms with Gasteiger partial charge in [-0.15, -0.1) is 10.2 Å². The molecule has 0 aliphatic carbocycles. The number of hydrogen-bond donors (Lipinski definition) is 1. The molecule has 0 radical (unpaired) electrons. The molecule has 0 spiro atoms. The molecule has 0 aliphatic heterocycles. The number of nitrogens with zero attached hydrogens (tertiary/aromatic N) is 4. The number of halogens is 1. The quantitative estimate of drug-likeness (QED) is 0.314. The summed E-state index contributed by atoms with van der Waals surface area (Å²) in [6, 6.07) is 22.9. The Hall–Kier alpha value is -3.43. The maximum atomic E-state index is 13.3. The summed E-state index contributed by atoms with van der Waals surface area (Å²) >= 11 is 4.71. The van der Waals surface area contributed by atoms with E-state index in [-0.39, 0.29) is 17.2 Å². The van der Waals surface area contributed by atoms with E-state index in [0.717, 1.165) is 15.6 Å². The van der Waals surface area contributed by atoms with E-state index in [1.54, 1.807) is 10.6 Å². The average molecular weight is 534 g/mol. The van der Waals surface area contributed by atoms with Crippen LogP contribution in [0, 0.1) is 6.92 Å². The maximum Gasteiger partial charge on any atom is 0.263 e. The van der Waals surface area contributed by atoms with Gasteiger partial charge in [-0.3, -0.25) is 18.6 Å². The van der Waals surface area contributed by atoms with Gasteiger partial charge in [0.05, 0.1) is 28.9 Å². The molecular weight excluding hydrogens is 514 g/mol. The van der Waals surface area contributed by atoms with Gasteiger partial charge in [0, 0.05) is 4.47 Å². The number of para-hydroxylation sites is 2. The molecule has 2 heterocycles. The van der Waals surface area contributed by atoms with Gasteiger partial charge in [0.2, 0.25) is 11.7 Å². The third-order valence-electron chi connectivity index (χ3n) is 5.42. The summed E-state index contributed by atoms with van der Waals surface area (Å²) < 4.78 is 4.29. The van der Waals surface area contributed by atoms with E-state index in [4.69, 9.17) is 0 Å². The molecule has 170 valence electrons. The largest absolute Gasteiger partial charge is 0.324 e. The van der Waals surface area contributed by atoms with Gasteiger partial charge in [0.25, 0.3) is 5.56 Å². The topological polar surface area (TPSA) is 81.3 Å². The molecule has 2 aromatic heterocycles. The number of rotatable bonds is 6. The summed E-state index contributed by atoms with van der Waals surface area (Å²) in [6.45, 7) is 2.40. The van der Waals surface area contributed by atoms with Gasteiger partial charge < -0.3 is 5.32 Å². The minimum absolute atomic E-state index is 0.126.